The first-order chi connectivity index (χ1) is 10.6. The maximum atomic E-state index is 14.1. The zero-order valence-corrected chi connectivity index (χ0v) is 14.7. The van der Waals surface area contributed by atoms with Gasteiger partial charge in [0, 0.05) is 15.9 Å². The standard InChI is InChI=1S/C18H14IO2P/c19-18-16(20)12-7-13-17(18)22(21,14-8-3-1-4-9-14)15-10-5-2-6-11-15/h1-13,20H. The van der Waals surface area contributed by atoms with Crippen LogP contribution in [0.1, 0.15) is 0 Å². The Morgan fingerprint density at radius 2 is 1.23 bits per heavy atom. The highest BCUT2D eigenvalue weighted by molar-refractivity contribution is 14.1. The highest BCUT2D eigenvalue weighted by atomic mass is 127. The number of rotatable bonds is 3. The topological polar surface area (TPSA) is 37.3 Å². The van der Waals surface area contributed by atoms with Crippen LogP contribution in [0.3, 0.4) is 0 Å². The third-order valence-corrected chi connectivity index (χ3v) is 8.20. The molecule has 0 aliphatic carbocycles. The van der Waals surface area contributed by atoms with Gasteiger partial charge in [-0.15, -0.1) is 0 Å². The van der Waals surface area contributed by atoms with E-state index in [2.05, 4.69) is 22.6 Å². The quantitative estimate of drug-likeness (QED) is 0.519. The molecule has 2 nitrogen and oxygen atoms in total. The Balaban J connectivity index is 2.34. The van der Waals surface area contributed by atoms with Crippen molar-refractivity contribution < 1.29 is 9.67 Å². The van der Waals surface area contributed by atoms with Gasteiger partial charge in [0.05, 0.1) is 3.57 Å². The van der Waals surface area contributed by atoms with Crippen LogP contribution in [-0.2, 0) is 4.57 Å². The first-order valence-electron chi connectivity index (χ1n) is 6.83. The highest BCUT2D eigenvalue weighted by Gasteiger charge is 2.32. The van der Waals surface area contributed by atoms with E-state index >= 15 is 0 Å². The molecule has 0 aliphatic heterocycles. The predicted molar refractivity (Wildman–Crippen MR) is 100 cm³/mol. The van der Waals surface area contributed by atoms with Crippen LogP contribution in [0.5, 0.6) is 5.75 Å². The number of phenolic OH excluding ortho intramolecular Hbond substituents is 1. The van der Waals surface area contributed by atoms with Crippen molar-refractivity contribution in [3.63, 3.8) is 0 Å². The predicted octanol–water partition coefficient (Wildman–Crippen LogP) is 3.64. The van der Waals surface area contributed by atoms with Crippen LogP contribution < -0.4 is 15.9 Å². The molecular formula is C18H14IO2P. The second kappa shape index (κ2) is 6.27. The van der Waals surface area contributed by atoms with E-state index < -0.39 is 7.14 Å². The Kier molecular flexibility index (Phi) is 4.37. The molecule has 0 amide bonds. The van der Waals surface area contributed by atoms with Gasteiger partial charge in [-0.05, 0) is 34.7 Å². The zero-order valence-electron chi connectivity index (χ0n) is 11.7. The van der Waals surface area contributed by atoms with Crippen LogP contribution in [0.25, 0.3) is 0 Å². The molecule has 3 aromatic rings. The molecule has 0 aliphatic rings. The Hall–Kier alpha value is -1.58. The molecular weight excluding hydrogens is 406 g/mol. The van der Waals surface area contributed by atoms with Crippen molar-refractivity contribution in [2.24, 2.45) is 0 Å². The maximum Gasteiger partial charge on any atom is 0.172 e. The first kappa shape index (κ1) is 15.3. The van der Waals surface area contributed by atoms with E-state index in [1.165, 1.54) is 0 Å². The van der Waals surface area contributed by atoms with Gasteiger partial charge in [-0.25, -0.2) is 0 Å². The fraction of sp³-hybridized carbons (Fsp3) is 0. The summed E-state index contributed by atoms with van der Waals surface area (Å²) in [5.41, 5.74) is 0. The molecule has 0 spiro atoms. The largest absolute Gasteiger partial charge is 0.507 e. The summed E-state index contributed by atoms with van der Waals surface area (Å²) in [4.78, 5) is 0. The van der Waals surface area contributed by atoms with E-state index in [1.807, 2.05) is 66.7 Å². The summed E-state index contributed by atoms with van der Waals surface area (Å²) in [5, 5.41) is 12.2. The average Bonchev–Trinajstić information content (AvgIpc) is 2.58. The minimum Gasteiger partial charge on any atom is -0.507 e. The van der Waals surface area contributed by atoms with E-state index in [1.54, 1.807) is 12.1 Å². The molecule has 0 atom stereocenters. The van der Waals surface area contributed by atoms with Crippen molar-refractivity contribution in [2.75, 3.05) is 0 Å². The summed E-state index contributed by atoms with van der Waals surface area (Å²) in [6.07, 6.45) is 0. The Labute approximate surface area is 143 Å². The first-order valence-corrected chi connectivity index (χ1v) is 9.62. The number of aromatic hydroxyl groups is 1. The fourth-order valence-corrected chi connectivity index (χ4v) is 6.56. The van der Waals surface area contributed by atoms with Crippen LogP contribution in [-0.4, -0.2) is 5.11 Å². The number of halogens is 1. The summed E-state index contributed by atoms with van der Waals surface area (Å²) < 4.78 is 14.7. The third kappa shape index (κ3) is 2.59. The second-order valence-electron chi connectivity index (χ2n) is 4.89. The molecule has 4 heteroatoms. The molecule has 0 saturated carbocycles. The average molecular weight is 420 g/mol. The maximum absolute atomic E-state index is 14.1. The van der Waals surface area contributed by atoms with E-state index in [9.17, 15) is 9.67 Å². The number of benzene rings is 3. The van der Waals surface area contributed by atoms with Gasteiger partial charge in [-0.3, -0.25) is 0 Å². The SMILES string of the molecule is O=P(c1ccccc1)(c1ccccc1)c1cccc(O)c1I. The van der Waals surface area contributed by atoms with Crippen LogP contribution >= 0.6 is 29.7 Å². The molecule has 110 valence electrons. The summed E-state index contributed by atoms with van der Waals surface area (Å²) >= 11 is 2.06. The van der Waals surface area contributed by atoms with Gasteiger partial charge in [0.25, 0.3) is 0 Å². The molecule has 0 unspecified atom stereocenters. The lowest BCUT2D eigenvalue weighted by Crippen LogP contribution is -2.26. The molecule has 0 radical (unpaired) electrons. The van der Waals surface area contributed by atoms with E-state index in [-0.39, 0.29) is 5.75 Å². The van der Waals surface area contributed by atoms with Crippen molar-refractivity contribution in [1.82, 2.24) is 0 Å². The molecule has 0 saturated heterocycles. The van der Waals surface area contributed by atoms with Gasteiger partial charge < -0.3 is 9.67 Å². The second-order valence-corrected chi connectivity index (χ2v) is 8.70. The number of hydrogen-bond donors (Lipinski definition) is 1. The van der Waals surface area contributed by atoms with Crippen LogP contribution in [0.15, 0.2) is 78.9 Å². The van der Waals surface area contributed by atoms with Crippen molar-refractivity contribution >= 4 is 45.6 Å². The summed E-state index contributed by atoms with van der Waals surface area (Å²) in [7, 11) is -3.01. The van der Waals surface area contributed by atoms with E-state index in [0.29, 0.717) is 8.87 Å². The molecule has 22 heavy (non-hydrogen) atoms. The Morgan fingerprint density at radius 3 is 1.73 bits per heavy atom. The minimum atomic E-state index is -3.01. The van der Waals surface area contributed by atoms with Crippen molar-refractivity contribution in [1.29, 1.82) is 0 Å². The van der Waals surface area contributed by atoms with Crippen molar-refractivity contribution in [2.45, 2.75) is 0 Å². The summed E-state index contributed by atoms with van der Waals surface area (Å²) in [5.74, 6) is 0.158. The van der Waals surface area contributed by atoms with Crippen LogP contribution in [0, 0.1) is 3.57 Å². The fourth-order valence-electron chi connectivity index (χ4n) is 2.45. The van der Waals surface area contributed by atoms with Crippen LogP contribution in [0.2, 0.25) is 0 Å². The minimum absolute atomic E-state index is 0.158. The lowest BCUT2D eigenvalue weighted by Gasteiger charge is -2.21. The van der Waals surface area contributed by atoms with Gasteiger partial charge in [-0.2, -0.15) is 0 Å². The molecule has 0 fully saturated rings. The molecule has 0 bridgehead atoms. The third-order valence-electron chi connectivity index (χ3n) is 3.54. The van der Waals surface area contributed by atoms with Gasteiger partial charge in [0.1, 0.15) is 5.75 Å². The van der Waals surface area contributed by atoms with Gasteiger partial charge >= 0.3 is 0 Å². The normalized spacial score (nSPS) is 11.3. The molecule has 3 rings (SSSR count). The van der Waals surface area contributed by atoms with Gasteiger partial charge in [-0.1, -0.05) is 66.7 Å². The molecule has 1 N–H and O–H groups in total. The van der Waals surface area contributed by atoms with E-state index in [0.717, 1.165) is 10.6 Å². The number of phenols is 1. The smallest absolute Gasteiger partial charge is 0.172 e. The lowest BCUT2D eigenvalue weighted by molar-refractivity contribution is 0.472. The number of hydrogen-bond acceptors (Lipinski definition) is 2. The van der Waals surface area contributed by atoms with E-state index in [4.69, 9.17) is 0 Å². The monoisotopic (exact) mass is 420 g/mol. The Morgan fingerprint density at radius 1 is 0.727 bits per heavy atom. The van der Waals surface area contributed by atoms with Crippen molar-refractivity contribution in [3.8, 4) is 5.75 Å². The van der Waals surface area contributed by atoms with Crippen LogP contribution in [0.4, 0.5) is 0 Å². The molecule has 3 aromatic carbocycles. The lowest BCUT2D eigenvalue weighted by atomic mass is 10.3. The van der Waals surface area contributed by atoms with Crippen molar-refractivity contribution in [3.05, 3.63) is 82.4 Å². The highest BCUT2D eigenvalue weighted by Crippen LogP contribution is 2.44. The van der Waals surface area contributed by atoms with Gasteiger partial charge in [0.2, 0.25) is 0 Å². The summed E-state index contributed by atoms with van der Waals surface area (Å²) in [6, 6.07) is 24.1. The molecule has 0 heterocycles. The molecule has 0 aromatic heterocycles. The van der Waals surface area contributed by atoms with Gasteiger partial charge in [0.15, 0.2) is 7.14 Å². The Bertz CT molecular complexity index is 789. The summed E-state index contributed by atoms with van der Waals surface area (Å²) in [6.45, 7) is 0. The zero-order chi connectivity index (χ0) is 15.6.